The van der Waals surface area contributed by atoms with Gasteiger partial charge in [0, 0.05) is 76.3 Å². The number of ether oxygens (including phenoxy) is 1. The number of halogens is 2. The van der Waals surface area contributed by atoms with E-state index in [4.69, 9.17) is 32.4 Å². The molecule has 3 aromatic rings. The van der Waals surface area contributed by atoms with Gasteiger partial charge in [0.25, 0.3) is 0 Å². The van der Waals surface area contributed by atoms with E-state index in [0.29, 0.717) is 40.2 Å². The fraction of sp³-hybridized carbons (Fsp3) is 0.333. The average molecular weight is 506 g/mol. The first-order chi connectivity index (χ1) is 16.2. The van der Waals surface area contributed by atoms with Crippen molar-refractivity contribution in [1.82, 2.24) is 15.1 Å². The van der Waals surface area contributed by atoms with Gasteiger partial charge >= 0.3 is 11.7 Å². The summed E-state index contributed by atoms with van der Waals surface area (Å²) in [4.78, 5) is 28.8. The van der Waals surface area contributed by atoms with Crippen molar-refractivity contribution in [1.29, 1.82) is 0 Å². The monoisotopic (exact) mass is 505 g/mol. The average Bonchev–Trinajstić information content (AvgIpc) is 2.80. The van der Waals surface area contributed by atoms with E-state index in [1.807, 2.05) is 18.2 Å². The second kappa shape index (κ2) is 10.3. The molecule has 10 heteroatoms. The van der Waals surface area contributed by atoms with Crippen LogP contribution in [0.1, 0.15) is 16.7 Å². The number of amides is 1. The molecule has 2 heterocycles. The maximum Gasteiger partial charge on any atom is 0.414 e. The highest BCUT2D eigenvalue weighted by Crippen LogP contribution is 2.34. The Labute approximate surface area is 207 Å². The maximum absolute atomic E-state index is 13.2. The van der Waals surface area contributed by atoms with Gasteiger partial charge in [0.05, 0.1) is 5.02 Å². The van der Waals surface area contributed by atoms with Crippen LogP contribution in [0.3, 0.4) is 0 Å². The quantitative estimate of drug-likeness (QED) is 0.516. The van der Waals surface area contributed by atoms with Crippen LogP contribution in [0.25, 0.3) is 11.0 Å². The number of hydrogen-bond acceptors (Lipinski definition) is 6. The molecule has 1 amide bonds. The second-order valence-corrected chi connectivity index (χ2v) is 9.27. The van der Waals surface area contributed by atoms with Crippen molar-refractivity contribution in [3.63, 3.8) is 0 Å². The molecule has 4 rings (SSSR count). The summed E-state index contributed by atoms with van der Waals surface area (Å²) in [6.45, 7) is 3.99. The summed E-state index contributed by atoms with van der Waals surface area (Å²) in [5.41, 5.74) is 6.64. The van der Waals surface area contributed by atoms with Crippen molar-refractivity contribution in [3.8, 4) is 5.75 Å². The predicted octanol–water partition coefficient (Wildman–Crippen LogP) is 3.03. The molecule has 1 aliphatic heterocycles. The normalized spacial score (nSPS) is 14.4. The molecular formula is C24H27Cl2N4O4+. The molecule has 0 aliphatic carbocycles. The van der Waals surface area contributed by atoms with Gasteiger partial charge in [-0.3, -0.25) is 4.90 Å². The van der Waals surface area contributed by atoms with Crippen LogP contribution in [-0.2, 0) is 13.0 Å². The van der Waals surface area contributed by atoms with Crippen LogP contribution in [0.5, 0.6) is 5.75 Å². The highest BCUT2D eigenvalue weighted by Gasteiger charge is 2.22. The summed E-state index contributed by atoms with van der Waals surface area (Å²) in [6, 6.07) is 8.76. The minimum Gasteiger partial charge on any atom is -0.422 e. The summed E-state index contributed by atoms with van der Waals surface area (Å²) in [5, 5.41) is 4.82. The fourth-order valence-electron chi connectivity index (χ4n) is 3.98. The third-order valence-corrected chi connectivity index (χ3v) is 6.63. The van der Waals surface area contributed by atoms with Gasteiger partial charge in [-0.25, -0.2) is 9.59 Å². The molecule has 0 atom stereocenters. The predicted molar refractivity (Wildman–Crippen MR) is 132 cm³/mol. The maximum atomic E-state index is 13.2. The van der Waals surface area contributed by atoms with Gasteiger partial charge in [-0.1, -0.05) is 35.3 Å². The topological polar surface area (TPSA) is 103 Å². The molecule has 1 aliphatic rings. The van der Waals surface area contributed by atoms with E-state index in [-0.39, 0.29) is 10.8 Å². The van der Waals surface area contributed by atoms with Crippen LogP contribution in [0, 0.1) is 0 Å². The number of carbonyl (C=O) groups is 1. The minimum absolute atomic E-state index is 0.129. The number of rotatable bonds is 5. The third kappa shape index (κ3) is 5.21. The van der Waals surface area contributed by atoms with Gasteiger partial charge in [-0.15, -0.1) is 0 Å². The third-order valence-electron chi connectivity index (χ3n) is 5.85. The lowest BCUT2D eigenvalue weighted by molar-refractivity contribution is -0.254. The van der Waals surface area contributed by atoms with Crippen molar-refractivity contribution >= 4 is 46.0 Å². The first-order valence-corrected chi connectivity index (χ1v) is 11.7. The molecule has 0 unspecified atom stereocenters. The summed E-state index contributed by atoms with van der Waals surface area (Å²) in [5.74, 6) is 0.129. The molecule has 8 nitrogen and oxygen atoms in total. The van der Waals surface area contributed by atoms with E-state index < -0.39 is 11.7 Å². The first-order valence-electron chi connectivity index (χ1n) is 10.9. The lowest BCUT2D eigenvalue weighted by Gasteiger charge is -2.28. The standard InChI is InChI=1S/C24H26Cl2N4O4/c1-29(2)24(32)34-21-12-20-15(11-18(21)25)17(13-30-8-6-28-7-9-30)16(23(31)33-20)10-14-4-3-5-19(27)22(14)26/h3-5,11-12,28H,6-10,13,27H2,1-2H3/p+1. The summed E-state index contributed by atoms with van der Waals surface area (Å²) >= 11 is 13.0. The number of quaternary nitrogens is 1. The van der Waals surface area contributed by atoms with E-state index in [1.165, 1.54) is 11.0 Å². The Balaban J connectivity index is 1.85. The lowest BCUT2D eigenvalue weighted by Crippen LogP contribution is -2.43. The van der Waals surface area contributed by atoms with Crippen molar-refractivity contribution in [2.24, 2.45) is 0 Å². The van der Waals surface area contributed by atoms with E-state index in [9.17, 15) is 9.59 Å². The number of hydrogen-bond donors (Lipinski definition) is 2. The largest absolute Gasteiger partial charge is 0.422 e. The van der Waals surface area contributed by atoms with Gasteiger partial charge in [-0.05, 0) is 17.2 Å². The van der Waals surface area contributed by atoms with E-state index in [0.717, 1.165) is 37.3 Å². The molecule has 2 aromatic carbocycles. The van der Waals surface area contributed by atoms with Crippen LogP contribution in [-0.4, -0.2) is 56.2 Å². The Kier molecular flexibility index (Phi) is 7.45. The van der Waals surface area contributed by atoms with Crippen LogP contribution in [0.15, 0.2) is 39.5 Å². The van der Waals surface area contributed by atoms with Crippen LogP contribution in [0.2, 0.25) is 10.0 Å². The van der Waals surface area contributed by atoms with Crippen LogP contribution < -0.4 is 21.4 Å². The molecule has 0 radical (unpaired) electrons. The number of benzene rings is 2. The van der Waals surface area contributed by atoms with Gasteiger partial charge in [0.1, 0.15) is 16.3 Å². The Hall–Kier alpha value is -2.62. The highest BCUT2D eigenvalue weighted by molar-refractivity contribution is 6.33. The van der Waals surface area contributed by atoms with E-state index >= 15 is 0 Å². The molecule has 0 bridgehead atoms. The molecule has 4 N–H and O–H groups in total. The Morgan fingerprint density at radius 3 is 2.65 bits per heavy atom. The zero-order chi connectivity index (χ0) is 24.4. The summed E-state index contributed by atoms with van der Waals surface area (Å²) in [6.07, 6.45) is -0.277. The van der Waals surface area contributed by atoms with Crippen LogP contribution >= 0.6 is 23.2 Å². The molecule has 1 fully saturated rings. The Morgan fingerprint density at radius 2 is 1.94 bits per heavy atom. The number of fused-ring (bicyclic) bond motifs is 1. The van der Waals surface area contributed by atoms with E-state index in [2.05, 4.69) is 16.0 Å². The smallest absolute Gasteiger partial charge is 0.414 e. The fourth-order valence-corrected chi connectivity index (χ4v) is 4.37. The highest BCUT2D eigenvalue weighted by atomic mass is 35.5. The van der Waals surface area contributed by atoms with Gasteiger partial charge in [0.15, 0.2) is 5.75 Å². The summed E-state index contributed by atoms with van der Waals surface area (Å²) in [7, 11) is 3.14. The van der Waals surface area contributed by atoms with Crippen molar-refractivity contribution < 1.29 is 19.7 Å². The molecule has 0 spiro atoms. The molecule has 1 aromatic heterocycles. The zero-order valence-corrected chi connectivity index (χ0v) is 20.6. The van der Waals surface area contributed by atoms with Crippen molar-refractivity contribution in [2.75, 3.05) is 40.3 Å². The minimum atomic E-state index is -0.580. The zero-order valence-electron chi connectivity index (χ0n) is 19.1. The number of nitrogens with zero attached hydrogens (tertiary/aromatic N) is 2. The number of carbonyl (C=O) groups excluding carboxylic acids is 1. The van der Waals surface area contributed by atoms with Crippen LogP contribution in [0.4, 0.5) is 10.5 Å². The second-order valence-electron chi connectivity index (χ2n) is 8.48. The van der Waals surface area contributed by atoms with Crippen molar-refractivity contribution in [2.45, 2.75) is 13.0 Å². The lowest BCUT2D eigenvalue weighted by atomic mass is 9.97. The van der Waals surface area contributed by atoms with Crippen molar-refractivity contribution in [3.05, 3.63) is 67.5 Å². The first kappa shape index (κ1) is 24.5. The number of nitrogens with one attached hydrogen (secondary N) is 1. The molecule has 1 saturated heterocycles. The van der Waals surface area contributed by atoms with E-state index in [1.54, 1.807) is 20.2 Å². The summed E-state index contributed by atoms with van der Waals surface area (Å²) < 4.78 is 11.0. The SMILES string of the molecule is CN(C)C(=O)Oc1cc2oc(=O)c(Cc3cccc([NH3+])c3Cl)c(CN3CCNCC3)c2cc1Cl. The Bertz CT molecular complexity index is 1290. The molecule has 34 heavy (non-hydrogen) atoms. The van der Waals surface area contributed by atoms with Gasteiger partial charge in [0.2, 0.25) is 0 Å². The molecular weight excluding hydrogens is 479 g/mol. The molecule has 0 saturated carbocycles. The van der Waals surface area contributed by atoms with Gasteiger partial charge in [-0.2, -0.15) is 0 Å². The number of piperazine rings is 1. The Morgan fingerprint density at radius 1 is 1.21 bits per heavy atom. The molecule has 180 valence electrons. The van der Waals surface area contributed by atoms with Gasteiger partial charge < -0.3 is 25.1 Å².